The number of carbonyl (C=O) groups is 1. The van der Waals surface area contributed by atoms with Gasteiger partial charge in [0.15, 0.2) is 0 Å². The van der Waals surface area contributed by atoms with Crippen LogP contribution in [0.4, 0.5) is 10.7 Å². The van der Waals surface area contributed by atoms with Crippen LogP contribution in [0.2, 0.25) is 5.02 Å². The zero-order valence-corrected chi connectivity index (χ0v) is 10.7. The van der Waals surface area contributed by atoms with Gasteiger partial charge in [-0.25, -0.2) is 0 Å². The molecular formula is C12H8ClN3OS. The van der Waals surface area contributed by atoms with E-state index in [0.717, 1.165) is 0 Å². The Morgan fingerprint density at radius 2 is 2.22 bits per heavy atom. The summed E-state index contributed by atoms with van der Waals surface area (Å²) in [6.45, 7) is 0. The van der Waals surface area contributed by atoms with E-state index in [0.29, 0.717) is 26.8 Å². The van der Waals surface area contributed by atoms with Gasteiger partial charge in [0.1, 0.15) is 11.1 Å². The van der Waals surface area contributed by atoms with Gasteiger partial charge in [0.25, 0.3) is 5.91 Å². The molecule has 6 heteroatoms. The largest absolute Gasteiger partial charge is 0.399 e. The molecule has 0 spiro atoms. The number of nitrogens with two attached hydrogens (primary N) is 1. The van der Waals surface area contributed by atoms with Crippen molar-refractivity contribution in [2.45, 2.75) is 0 Å². The van der Waals surface area contributed by atoms with Crippen LogP contribution in [0, 0.1) is 11.3 Å². The molecule has 2 aromatic rings. The lowest BCUT2D eigenvalue weighted by Crippen LogP contribution is -2.12. The fourth-order valence-electron chi connectivity index (χ4n) is 1.41. The lowest BCUT2D eigenvalue weighted by Gasteiger charge is -2.05. The summed E-state index contributed by atoms with van der Waals surface area (Å²) in [5, 5.41) is 14.1. The van der Waals surface area contributed by atoms with Crippen molar-refractivity contribution in [2.24, 2.45) is 0 Å². The Hall–Kier alpha value is -2.03. The van der Waals surface area contributed by atoms with Gasteiger partial charge in [-0.1, -0.05) is 11.6 Å². The quantitative estimate of drug-likeness (QED) is 0.828. The molecular weight excluding hydrogens is 270 g/mol. The minimum atomic E-state index is -0.344. The van der Waals surface area contributed by atoms with E-state index < -0.39 is 0 Å². The van der Waals surface area contributed by atoms with Crippen LogP contribution in [-0.2, 0) is 0 Å². The fraction of sp³-hybridized carbons (Fsp3) is 0. The van der Waals surface area contributed by atoms with Crippen molar-refractivity contribution >= 4 is 39.5 Å². The summed E-state index contributed by atoms with van der Waals surface area (Å²) in [5.74, 6) is -0.344. The Kier molecular flexibility index (Phi) is 3.51. The lowest BCUT2D eigenvalue weighted by atomic mass is 10.2. The van der Waals surface area contributed by atoms with Gasteiger partial charge in [-0.05, 0) is 29.6 Å². The smallest absolute Gasteiger partial charge is 0.256 e. The van der Waals surface area contributed by atoms with Crippen LogP contribution in [0.15, 0.2) is 29.6 Å². The molecule has 1 heterocycles. The number of nitrogens with zero attached hydrogens (tertiary/aromatic N) is 1. The van der Waals surface area contributed by atoms with E-state index in [1.165, 1.54) is 23.5 Å². The highest BCUT2D eigenvalue weighted by atomic mass is 35.5. The first-order valence-corrected chi connectivity index (χ1v) is 6.21. The predicted octanol–water partition coefficient (Wildman–Crippen LogP) is 3.11. The molecule has 2 rings (SSSR count). The van der Waals surface area contributed by atoms with Crippen LogP contribution in [0.3, 0.4) is 0 Å². The minimum absolute atomic E-state index is 0.344. The first kappa shape index (κ1) is 12.4. The number of thiophene rings is 1. The van der Waals surface area contributed by atoms with E-state index in [4.69, 9.17) is 22.6 Å². The minimum Gasteiger partial charge on any atom is -0.399 e. The summed E-state index contributed by atoms with van der Waals surface area (Å²) in [5.41, 5.74) is 6.82. The van der Waals surface area contributed by atoms with E-state index in [-0.39, 0.29) is 5.91 Å². The van der Waals surface area contributed by atoms with Gasteiger partial charge < -0.3 is 11.1 Å². The predicted molar refractivity (Wildman–Crippen MR) is 72.9 cm³/mol. The molecule has 0 radical (unpaired) electrons. The van der Waals surface area contributed by atoms with Crippen LogP contribution < -0.4 is 11.1 Å². The van der Waals surface area contributed by atoms with Gasteiger partial charge in [-0.15, -0.1) is 11.3 Å². The lowest BCUT2D eigenvalue weighted by molar-refractivity contribution is 0.102. The molecule has 1 amide bonds. The second-order valence-corrected chi connectivity index (χ2v) is 4.86. The van der Waals surface area contributed by atoms with E-state index in [2.05, 4.69) is 5.32 Å². The Balaban J connectivity index is 2.25. The van der Waals surface area contributed by atoms with Crippen LogP contribution in [0.25, 0.3) is 0 Å². The van der Waals surface area contributed by atoms with Crippen LogP contribution >= 0.6 is 22.9 Å². The number of nitrogen functional groups attached to an aromatic ring is 1. The van der Waals surface area contributed by atoms with E-state index in [1.807, 2.05) is 6.07 Å². The number of halogens is 1. The summed E-state index contributed by atoms with van der Waals surface area (Å²) in [4.78, 5) is 12.0. The Morgan fingerprint density at radius 1 is 1.44 bits per heavy atom. The van der Waals surface area contributed by atoms with Crippen LogP contribution in [0.1, 0.15) is 15.9 Å². The third-order valence-corrected chi connectivity index (χ3v) is 3.24. The normalized spacial score (nSPS) is 9.78. The molecule has 4 nitrogen and oxygen atoms in total. The summed E-state index contributed by atoms with van der Waals surface area (Å²) in [7, 11) is 0. The second kappa shape index (κ2) is 5.08. The van der Waals surface area contributed by atoms with Crippen LogP contribution in [0.5, 0.6) is 0 Å². The Bertz CT molecular complexity index is 625. The fourth-order valence-corrected chi connectivity index (χ4v) is 2.39. The zero-order chi connectivity index (χ0) is 13.1. The highest BCUT2D eigenvalue weighted by Crippen LogP contribution is 2.24. The number of carbonyl (C=O) groups excluding carboxylic acids is 1. The van der Waals surface area contributed by atoms with Gasteiger partial charge in [-0.2, -0.15) is 5.26 Å². The van der Waals surface area contributed by atoms with Gasteiger partial charge >= 0.3 is 0 Å². The first-order valence-electron chi connectivity index (χ1n) is 4.95. The average Bonchev–Trinajstić information content (AvgIpc) is 2.75. The number of hydrogen-bond donors (Lipinski definition) is 2. The number of nitrogens with one attached hydrogen (secondary N) is 1. The number of benzene rings is 1. The van der Waals surface area contributed by atoms with E-state index in [9.17, 15) is 4.79 Å². The third kappa shape index (κ3) is 2.62. The van der Waals surface area contributed by atoms with Crippen LogP contribution in [-0.4, -0.2) is 5.91 Å². The second-order valence-electron chi connectivity index (χ2n) is 3.50. The third-order valence-electron chi connectivity index (χ3n) is 2.20. The topological polar surface area (TPSA) is 78.9 Å². The maximum Gasteiger partial charge on any atom is 0.256 e. The molecule has 0 aliphatic heterocycles. The number of hydrogen-bond acceptors (Lipinski definition) is 4. The standard InChI is InChI=1S/C12H8ClN3OS/c13-9-3-8(4-10(15)5-9)11(17)16-12-7(6-14)1-2-18-12/h1-5H,15H2,(H,16,17). The summed E-state index contributed by atoms with van der Waals surface area (Å²) >= 11 is 7.11. The molecule has 90 valence electrons. The molecule has 0 saturated carbocycles. The van der Waals surface area contributed by atoms with Gasteiger partial charge in [0.2, 0.25) is 0 Å². The van der Waals surface area contributed by atoms with Crippen molar-refractivity contribution in [3.05, 3.63) is 45.8 Å². The van der Waals surface area contributed by atoms with Gasteiger partial charge in [0.05, 0.1) is 5.56 Å². The summed E-state index contributed by atoms with van der Waals surface area (Å²) in [6.07, 6.45) is 0. The molecule has 0 aliphatic rings. The maximum absolute atomic E-state index is 12.0. The van der Waals surface area contributed by atoms with Crippen molar-refractivity contribution in [1.82, 2.24) is 0 Å². The zero-order valence-electron chi connectivity index (χ0n) is 9.11. The summed E-state index contributed by atoms with van der Waals surface area (Å²) < 4.78 is 0. The van der Waals surface area contributed by atoms with Crippen molar-refractivity contribution in [3.8, 4) is 6.07 Å². The molecule has 0 saturated heterocycles. The number of rotatable bonds is 2. The molecule has 18 heavy (non-hydrogen) atoms. The van der Waals surface area contributed by atoms with Crippen molar-refractivity contribution in [2.75, 3.05) is 11.1 Å². The van der Waals surface area contributed by atoms with E-state index >= 15 is 0 Å². The van der Waals surface area contributed by atoms with Crippen molar-refractivity contribution in [1.29, 1.82) is 5.26 Å². The SMILES string of the molecule is N#Cc1ccsc1NC(=O)c1cc(N)cc(Cl)c1. The highest BCUT2D eigenvalue weighted by Gasteiger charge is 2.11. The van der Waals surface area contributed by atoms with Gasteiger partial charge in [0, 0.05) is 16.3 Å². The Morgan fingerprint density at radius 3 is 2.89 bits per heavy atom. The molecule has 0 unspecified atom stereocenters. The number of amides is 1. The molecule has 1 aromatic heterocycles. The molecule has 0 aliphatic carbocycles. The monoisotopic (exact) mass is 277 g/mol. The van der Waals surface area contributed by atoms with Crippen molar-refractivity contribution in [3.63, 3.8) is 0 Å². The number of nitriles is 1. The number of anilines is 2. The molecule has 0 atom stereocenters. The van der Waals surface area contributed by atoms with Gasteiger partial charge in [-0.3, -0.25) is 4.79 Å². The Labute approximate surface area is 113 Å². The average molecular weight is 278 g/mol. The first-order chi connectivity index (χ1) is 8.60. The molecule has 3 N–H and O–H groups in total. The summed E-state index contributed by atoms with van der Waals surface area (Å²) in [6, 6.07) is 8.25. The van der Waals surface area contributed by atoms with E-state index in [1.54, 1.807) is 17.5 Å². The highest BCUT2D eigenvalue weighted by molar-refractivity contribution is 7.14. The molecule has 0 bridgehead atoms. The maximum atomic E-state index is 12.0. The molecule has 1 aromatic carbocycles. The van der Waals surface area contributed by atoms with Crippen molar-refractivity contribution < 1.29 is 4.79 Å². The molecule has 0 fully saturated rings.